The van der Waals surface area contributed by atoms with E-state index in [0.717, 1.165) is 61.7 Å². The number of hydrogen-bond donors (Lipinski definition) is 0. The van der Waals surface area contributed by atoms with Crippen molar-refractivity contribution in [1.82, 2.24) is 0 Å². The van der Waals surface area contributed by atoms with Gasteiger partial charge in [-0.05, 0) is 73.4 Å². The molecule has 2 aromatic rings. The maximum Gasteiger partial charge on any atom is 0.416 e. The Morgan fingerprint density at radius 2 is 1.66 bits per heavy atom. The Morgan fingerprint density at radius 3 is 2.31 bits per heavy atom. The number of carbonyl (C=O) groups excluding carboxylic acids is 1. The molecule has 0 N–H and O–H groups in total. The molecule has 0 radical (unpaired) electrons. The van der Waals surface area contributed by atoms with Gasteiger partial charge < -0.3 is 0 Å². The second-order valence-electron chi connectivity index (χ2n) is 7.88. The van der Waals surface area contributed by atoms with E-state index in [9.17, 15) is 18.0 Å². The summed E-state index contributed by atoms with van der Waals surface area (Å²) in [6.45, 7) is 0. The first-order valence-electron chi connectivity index (χ1n) is 9.87. The molecule has 0 heterocycles. The number of ketones is 1. The average Bonchev–Trinajstić information content (AvgIpc) is 2.67. The van der Waals surface area contributed by atoms with Crippen LogP contribution in [0, 0.1) is 11.8 Å². The molecule has 3 rings (SSSR count). The predicted molar refractivity (Wildman–Crippen MR) is 111 cm³/mol. The van der Waals surface area contributed by atoms with E-state index in [4.69, 9.17) is 23.2 Å². The highest BCUT2D eigenvalue weighted by atomic mass is 35.5. The molecule has 0 aliphatic heterocycles. The molecule has 1 saturated carbocycles. The van der Waals surface area contributed by atoms with E-state index in [-0.39, 0.29) is 28.7 Å². The summed E-state index contributed by atoms with van der Waals surface area (Å²) in [5.41, 5.74) is 0.369. The van der Waals surface area contributed by atoms with Crippen molar-refractivity contribution in [2.75, 3.05) is 0 Å². The Hall–Kier alpha value is -1.52. The minimum atomic E-state index is -4.49. The van der Waals surface area contributed by atoms with Crippen molar-refractivity contribution < 1.29 is 18.0 Å². The second-order valence-corrected chi connectivity index (χ2v) is 8.72. The molecule has 0 atom stereocenters. The normalized spacial score (nSPS) is 19.9. The zero-order valence-electron chi connectivity index (χ0n) is 15.9. The summed E-state index contributed by atoms with van der Waals surface area (Å²) in [6.07, 6.45) is 1.74. The van der Waals surface area contributed by atoms with E-state index in [2.05, 4.69) is 6.07 Å². The van der Waals surface area contributed by atoms with Gasteiger partial charge in [-0.15, -0.1) is 0 Å². The smallest absolute Gasteiger partial charge is 0.294 e. The van der Waals surface area contributed by atoms with Crippen LogP contribution >= 0.6 is 23.2 Å². The van der Waals surface area contributed by atoms with Gasteiger partial charge in [0.05, 0.1) is 10.6 Å². The number of hydrogen-bond acceptors (Lipinski definition) is 1. The van der Waals surface area contributed by atoms with Crippen LogP contribution in [-0.2, 0) is 12.6 Å². The minimum Gasteiger partial charge on any atom is -0.294 e. The minimum absolute atomic E-state index is 0.0235. The molecular weight excluding hydrogens is 420 g/mol. The van der Waals surface area contributed by atoms with Gasteiger partial charge in [0.25, 0.3) is 0 Å². The van der Waals surface area contributed by atoms with Crippen molar-refractivity contribution in [3.8, 4) is 0 Å². The highest BCUT2D eigenvalue weighted by Gasteiger charge is 2.32. The molecule has 1 aliphatic carbocycles. The van der Waals surface area contributed by atoms with Crippen LogP contribution in [0.1, 0.15) is 60.0 Å². The molecular formula is C23H23Cl2F3O. The highest BCUT2D eigenvalue weighted by molar-refractivity contribution is 6.34. The standard InChI is InChI=1S/C23H23Cl2F3O/c24-19-3-1-2-16(12-19)7-4-15-5-8-17(9-6-15)13-22(29)20-14-18(23(26,27)28)10-11-21(20)25/h1-3,10-12,14-15,17H,4-9,13H2. The Morgan fingerprint density at radius 1 is 0.966 bits per heavy atom. The van der Waals surface area contributed by atoms with Gasteiger partial charge >= 0.3 is 6.18 Å². The van der Waals surface area contributed by atoms with Gasteiger partial charge in [-0.25, -0.2) is 0 Å². The molecule has 1 fully saturated rings. The Labute approximate surface area is 179 Å². The Bertz CT molecular complexity index is 855. The maximum atomic E-state index is 12.9. The SMILES string of the molecule is O=C(CC1CCC(CCc2cccc(Cl)c2)CC1)c1cc(C(F)(F)F)ccc1Cl. The number of Topliss-reactive ketones (excluding diaryl/α,β-unsaturated/α-hetero) is 1. The molecule has 0 saturated heterocycles. The monoisotopic (exact) mass is 442 g/mol. The average molecular weight is 443 g/mol. The summed E-state index contributed by atoms with van der Waals surface area (Å²) in [5.74, 6) is 0.511. The molecule has 6 heteroatoms. The van der Waals surface area contributed by atoms with E-state index in [0.29, 0.717) is 5.92 Å². The topological polar surface area (TPSA) is 17.1 Å². The third-order valence-electron chi connectivity index (χ3n) is 5.76. The summed E-state index contributed by atoms with van der Waals surface area (Å²) in [5, 5.41) is 0.830. The van der Waals surface area contributed by atoms with Crippen molar-refractivity contribution in [1.29, 1.82) is 0 Å². The molecule has 2 aromatic carbocycles. The first kappa shape index (κ1) is 22.2. The Kier molecular flexibility index (Phi) is 7.28. The van der Waals surface area contributed by atoms with Gasteiger partial charge in [0, 0.05) is 17.0 Å². The molecule has 0 spiro atoms. The summed E-state index contributed by atoms with van der Waals surface area (Å²) < 4.78 is 38.8. The van der Waals surface area contributed by atoms with E-state index >= 15 is 0 Å². The summed E-state index contributed by atoms with van der Waals surface area (Å²) >= 11 is 12.0. The quantitative estimate of drug-likeness (QED) is 0.413. The largest absolute Gasteiger partial charge is 0.416 e. The van der Waals surface area contributed by atoms with Crippen molar-refractivity contribution in [3.05, 3.63) is 69.2 Å². The highest BCUT2D eigenvalue weighted by Crippen LogP contribution is 2.36. The fraction of sp³-hybridized carbons (Fsp3) is 0.435. The number of halogens is 5. The van der Waals surface area contributed by atoms with Gasteiger partial charge in [0.1, 0.15) is 0 Å². The molecule has 156 valence electrons. The zero-order chi connectivity index (χ0) is 21.0. The van der Waals surface area contributed by atoms with Gasteiger partial charge in [0.15, 0.2) is 5.78 Å². The molecule has 1 aliphatic rings. The Balaban J connectivity index is 1.51. The first-order valence-corrected chi connectivity index (χ1v) is 10.6. The number of aryl methyl sites for hydroxylation is 1. The number of benzene rings is 2. The third kappa shape index (κ3) is 6.23. The number of rotatable bonds is 6. The van der Waals surface area contributed by atoms with E-state index in [1.54, 1.807) is 0 Å². The van der Waals surface area contributed by atoms with Crippen LogP contribution in [0.2, 0.25) is 10.0 Å². The van der Waals surface area contributed by atoms with Crippen LogP contribution in [0.5, 0.6) is 0 Å². The molecule has 0 unspecified atom stereocenters. The first-order chi connectivity index (χ1) is 13.7. The van der Waals surface area contributed by atoms with Gasteiger partial charge in [-0.2, -0.15) is 13.2 Å². The van der Waals surface area contributed by atoms with E-state index < -0.39 is 11.7 Å². The van der Waals surface area contributed by atoms with Crippen LogP contribution in [0.4, 0.5) is 13.2 Å². The molecule has 0 bridgehead atoms. The van der Waals surface area contributed by atoms with Crippen LogP contribution in [0.25, 0.3) is 0 Å². The summed E-state index contributed by atoms with van der Waals surface area (Å²) in [4.78, 5) is 12.6. The molecule has 0 amide bonds. The van der Waals surface area contributed by atoms with E-state index in [1.807, 2.05) is 18.2 Å². The van der Waals surface area contributed by atoms with E-state index in [1.165, 1.54) is 5.56 Å². The molecule has 0 aromatic heterocycles. The summed E-state index contributed by atoms with van der Waals surface area (Å²) in [6, 6.07) is 10.8. The predicted octanol–water partition coefficient (Wildman–Crippen LogP) is 8.02. The van der Waals surface area contributed by atoms with Gasteiger partial charge in [0.2, 0.25) is 0 Å². The van der Waals surface area contributed by atoms with Crippen molar-refractivity contribution >= 4 is 29.0 Å². The maximum absolute atomic E-state index is 12.9. The summed E-state index contributed by atoms with van der Waals surface area (Å²) in [7, 11) is 0. The van der Waals surface area contributed by atoms with Gasteiger partial charge in [-0.3, -0.25) is 4.79 Å². The van der Waals surface area contributed by atoms with Gasteiger partial charge in [-0.1, -0.05) is 48.2 Å². The number of alkyl halides is 3. The van der Waals surface area contributed by atoms with Crippen molar-refractivity contribution in [2.45, 2.75) is 51.1 Å². The van der Waals surface area contributed by atoms with Crippen LogP contribution in [0.15, 0.2) is 42.5 Å². The molecule has 1 nitrogen and oxygen atoms in total. The van der Waals surface area contributed by atoms with Crippen molar-refractivity contribution in [2.24, 2.45) is 11.8 Å². The second kappa shape index (κ2) is 9.53. The van der Waals surface area contributed by atoms with Crippen LogP contribution in [0.3, 0.4) is 0 Å². The number of carbonyl (C=O) groups is 1. The van der Waals surface area contributed by atoms with Crippen LogP contribution < -0.4 is 0 Å². The lowest BCUT2D eigenvalue weighted by molar-refractivity contribution is -0.137. The fourth-order valence-corrected chi connectivity index (χ4v) is 4.51. The fourth-order valence-electron chi connectivity index (χ4n) is 4.07. The van der Waals surface area contributed by atoms with Crippen molar-refractivity contribution in [3.63, 3.8) is 0 Å². The zero-order valence-corrected chi connectivity index (χ0v) is 17.5. The lowest BCUT2D eigenvalue weighted by Crippen LogP contribution is -2.18. The lowest BCUT2D eigenvalue weighted by Gasteiger charge is -2.28. The lowest BCUT2D eigenvalue weighted by atomic mass is 9.77. The van der Waals surface area contributed by atoms with Crippen LogP contribution in [-0.4, -0.2) is 5.78 Å². The molecule has 29 heavy (non-hydrogen) atoms. The third-order valence-corrected chi connectivity index (χ3v) is 6.33.